The van der Waals surface area contributed by atoms with Crippen molar-refractivity contribution in [3.8, 4) is 51.7 Å². The molecule has 13 rings (SSSR count). The molecule has 5 atom stereocenters. The SMILES string of the molecule is C.CCC(=O)N[C@H](COC(C)=O)Cc1cc2c(c(C)c1OCc1ccccc1)OCO2.Cc1c(OCc2ccccc2)c2c(c3c1OCO3)[C@@H](COCc1ccccc1)N[C@H](CO)C2.Cc1c(OCc2ccccc2)c2c(c3c1OCO3)[C@H](COCc1ccccc1)N[C@H](CO)C2. The number of aliphatic hydroxyl groups is 2. The van der Waals surface area contributed by atoms with E-state index in [1.54, 1.807) is 6.92 Å². The number of ether oxygens (including phenoxy) is 12. The summed E-state index contributed by atoms with van der Waals surface area (Å²) in [6, 6.07) is 51.3. The Morgan fingerprint density at radius 1 is 0.515 bits per heavy atom. The number of esters is 1. The van der Waals surface area contributed by atoms with Gasteiger partial charge in [-0.15, -0.1) is 0 Å². The van der Waals surface area contributed by atoms with Gasteiger partial charge in [0, 0.05) is 69.9 Å². The predicted molar refractivity (Wildman–Crippen MR) is 367 cm³/mol. The van der Waals surface area contributed by atoms with E-state index >= 15 is 0 Å². The van der Waals surface area contributed by atoms with Gasteiger partial charge in [-0.2, -0.15) is 0 Å². The number of carbonyl (C=O) groups is 2. The van der Waals surface area contributed by atoms with Gasteiger partial charge in [-0.25, -0.2) is 0 Å². The number of aliphatic hydroxyl groups excluding tert-OH is 2. The van der Waals surface area contributed by atoms with Gasteiger partial charge in [0.2, 0.25) is 26.3 Å². The summed E-state index contributed by atoms with van der Waals surface area (Å²) in [6.07, 6.45) is 2.04. The van der Waals surface area contributed by atoms with Crippen LogP contribution in [-0.4, -0.2) is 93.6 Å². The molecule has 8 aromatic rings. The van der Waals surface area contributed by atoms with Gasteiger partial charge < -0.3 is 83.0 Å². The highest BCUT2D eigenvalue weighted by Crippen LogP contribution is 2.53. The Kier molecular flexibility index (Phi) is 25.1. The van der Waals surface area contributed by atoms with Gasteiger partial charge in [-0.3, -0.25) is 9.59 Å². The van der Waals surface area contributed by atoms with Gasteiger partial charge in [0.25, 0.3) is 0 Å². The molecule has 5 heterocycles. The van der Waals surface area contributed by atoms with Crippen molar-refractivity contribution < 1.29 is 76.6 Å². The molecular weight excluding hydrogens is 1230 g/mol. The number of rotatable bonds is 25. The Bertz CT molecular complexity index is 3690. The summed E-state index contributed by atoms with van der Waals surface area (Å²) in [4.78, 5) is 23.3. The van der Waals surface area contributed by atoms with Crippen LogP contribution >= 0.6 is 0 Å². The zero-order valence-corrected chi connectivity index (χ0v) is 55.0. The van der Waals surface area contributed by atoms with Crippen molar-refractivity contribution >= 4 is 11.9 Å². The molecule has 0 aliphatic carbocycles. The molecule has 19 heteroatoms. The predicted octanol–water partition coefficient (Wildman–Crippen LogP) is 12.1. The van der Waals surface area contributed by atoms with Crippen molar-refractivity contribution in [2.24, 2.45) is 0 Å². The zero-order chi connectivity index (χ0) is 66.8. The quantitative estimate of drug-likeness (QED) is 0.0336. The molecule has 1 amide bonds. The highest BCUT2D eigenvalue weighted by atomic mass is 16.7. The average molecular weight is 1320 g/mol. The summed E-state index contributed by atoms with van der Waals surface area (Å²) >= 11 is 0. The second-order valence-electron chi connectivity index (χ2n) is 24.1. The number of carbonyl (C=O) groups excluding carboxylic acids is 2. The van der Waals surface area contributed by atoms with E-state index in [2.05, 4.69) is 16.0 Å². The Balaban J connectivity index is 0.000000157. The molecule has 0 aromatic heterocycles. The molecule has 5 N–H and O–H groups in total. The average Bonchev–Trinajstić information content (AvgIpc) is 1.75. The van der Waals surface area contributed by atoms with Crippen LogP contribution in [0.4, 0.5) is 0 Å². The van der Waals surface area contributed by atoms with Crippen LogP contribution in [0.5, 0.6) is 51.7 Å². The highest BCUT2D eigenvalue weighted by Gasteiger charge is 2.39. The van der Waals surface area contributed by atoms with Gasteiger partial charge in [-0.1, -0.05) is 166 Å². The minimum Gasteiger partial charge on any atom is -0.488 e. The second-order valence-corrected chi connectivity index (χ2v) is 24.1. The topological polar surface area (TPSA) is 221 Å². The second kappa shape index (κ2) is 34.6. The van der Waals surface area contributed by atoms with Gasteiger partial charge in [0.15, 0.2) is 34.5 Å². The summed E-state index contributed by atoms with van der Waals surface area (Å²) in [5.74, 6) is 6.07. The van der Waals surface area contributed by atoms with Crippen LogP contribution in [-0.2, 0) is 76.1 Å². The Hall–Kier alpha value is -9.34. The van der Waals surface area contributed by atoms with Crippen LogP contribution in [0.15, 0.2) is 158 Å². The monoisotopic (exact) mass is 1320 g/mol. The molecule has 0 bridgehead atoms. The Morgan fingerprint density at radius 3 is 1.29 bits per heavy atom. The van der Waals surface area contributed by atoms with Crippen molar-refractivity contribution in [2.75, 3.05) is 53.4 Å². The first kappa shape index (κ1) is 70.5. The Labute approximate surface area is 568 Å². The molecule has 97 heavy (non-hydrogen) atoms. The summed E-state index contributed by atoms with van der Waals surface area (Å²) in [6.45, 7) is 12.9. The molecule has 0 saturated heterocycles. The van der Waals surface area contributed by atoms with Crippen LogP contribution in [0, 0.1) is 20.8 Å². The van der Waals surface area contributed by atoms with Crippen LogP contribution in [0.25, 0.3) is 0 Å². The first-order chi connectivity index (χ1) is 47.0. The van der Waals surface area contributed by atoms with Crippen LogP contribution in [0.1, 0.15) is 112 Å². The summed E-state index contributed by atoms with van der Waals surface area (Å²) in [5, 5.41) is 30.0. The fourth-order valence-corrected chi connectivity index (χ4v) is 12.6. The fraction of sp³-hybridized carbons (Fsp3) is 0.359. The lowest BCUT2D eigenvalue weighted by atomic mass is 9.87. The maximum atomic E-state index is 12.0. The van der Waals surface area contributed by atoms with E-state index in [0.717, 1.165) is 107 Å². The van der Waals surface area contributed by atoms with Crippen LogP contribution in [0.2, 0.25) is 0 Å². The number of benzene rings is 8. The van der Waals surface area contributed by atoms with Crippen molar-refractivity contribution in [1.29, 1.82) is 0 Å². The van der Waals surface area contributed by atoms with Crippen LogP contribution in [0.3, 0.4) is 0 Å². The maximum absolute atomic E-state index is 12.0. The van der Waals surface area contributed by atoms with Crippen molar-refractivity contribution in [3.63, 3.8) is 0 Å². The minimum atomic E-state index is -0.395. The van der Waals surface area contributed by atoms with Crippen LogP contribution < -0.4 is 58.6 Å². The molecule has 5 aliphatic rings. The van der Waals surface area contributed by atoms with E-state index in [1.807, 2.05) is 178 Å². The number of hydrogen-bond acceptors (Lipinski definition) is 18. The lowest BCUT2D eigenvalue weighted by Crippen LogP contribution is -2.43. The first-order valence-corrected chi connectivity index (χ1v) is 32.7. The third-order valence-corrected chi connectivity index (χ3v) is 17.2. The molecule has 0 radical (unpaired) electrons. The van der Waals surface area contributed by atoms with E-state index in [0.29, 0.717) is 89.2 Å². The molecular formula is C78H89N3O16. The molecule has 19 nitrogen and oxygen atoms in total. The largest absolute Gasteiger partial charge is 0.488 e. The van der Waals surface area contributed by atoms with E-state index in [1.165, 1.54) is 6.92 Å². The Morgan fingerprint density at radius 2 is 0.887 bits per heavy atom. The molecule has 0 spiro atoms. The summed E-state index contributed by atoms with van der Waals surface area (Å²) in [5.41, 5.74) is 13.1. The number of fused-ring (bicyclic) bond motifs is 7. The highest BCUT2D eigenvalue weighted by molar-refractivity contribution is 5.76. The van der Waals surface area contributed by atoms with E-state index in [9.17, 15) is 19.8 Å². The normalized spacial score (nSPS) is 16.7. The maximum Gasteiger partial charge on any atom is 0.302 e. The van der Waals surface area contributed by atoms with E-state index in [-0.39, 0.29) is 83.7 Å². The molecule has 0 unspecified atom stereocenters. The summed E-state index contributed by atoms with van der Waals surface area (Å²) < 4.78 is 71.0. The smallest absolute Gasteiger partial charge is 0.302 e. The lowest BCUT2D eigenvalue weighted by Gasteiger charge is -2.34. The zero-order valence-electron chi connectivity index (χ0n) is 55.0. The summed E-state index contributed by atoms with van der Waals surface area (Å²) in [7, 11) is 0. The molecule has 0 saturated carbocycles. The fourth-order valence-electron chi connectivity index (χ4n) is 12.6. The van der Waals surface area contributed by atoms with Gasteiger partial charge in [0.05, 0.1) is 57.8 Å². The molecule has 5 aliphatic heterocycles. The third-order valence-electron chi connectivity index (χ3n) is 17.2. The van der Waals surface area contributed by atoms with Crippen molar-refractivity contribution in [2.45, 2.75) is 131 Å². The van der Waals surface area contributed by atoms with Crippen molar-refractivity contribution in [3.05, 3.63) is 230 Å². The van der Waals surface area contributed by atoms with Gasteiger partial charge in [-0.05, 0) is 73.9 Å². The third kappa shape index (κ3) is 17.8. The number of nitrogens with one attached hydrogen (secondary N) is 3. The molecule has 0 fully saturated rings. The minimum absolute atomic E-state index is 0. The van der Waals surface area contributed by atoms with E-state index in [4.69, 9.17) is 56.8 Å². The number of amides is 1. The van der Waals surface area contributed by atoms with Crippen molar-refractivity contribution in [1.82, 2.24) is 16.0 Å². The lowest BCUT2D eigenvalue weighted by molar-refractivity contribution is -0.142. The van der Waals surface area contributed by atoms with E-state index < -0.39 is 5.97 Å². The van der Waals surface area contributed by atoms with Gasteiger partial charge >= 0.3 is 5.97 Å². The standard InChI is InChI=1S/2C27H29NO5.C23H27NO6.CH4/c2*1-18-25(31-15-20-10-6-3-7-11-20)22-12-21(13-29)28-23(24(22)27-26(18)32-17-33-27)16-30-14-19-8-4-2-5-9-19;1-4-21(26)24-19(13-27-16(3)25)10-18-11-20-23(30-14-29-20)15(2)22(18)28-12-17-8-6-5-7-9-17;/h2*2-11,21,23,28-29H,12-17H2,1H3;5-9,11,19H,4,10,12-14H2,1-3H3,(H,24,26);1H4/t21-,23+;21-,23-;19-;/m000./s1. The first-order valence-electron chi connectivity index (χ1n) is 32.7. The molecule has 8 aromatic carbocycles. The molecule has 512 valence electrons. The van der Waals surface area contributed by atoms with Gasteiger partial charge in [0.1, 0.15) is 43.7 Å². The number of hydrogen-bond donors (Lipinski definition) is 5.